The average Bonchev–Trinajstić information content (AvgIpc) is 2.94. The van der Waals surface area contributed by atoms with Gasteiger partial charge in [-0.25, -0.2) is 4.98 Å². The highest BCUT2D eigenvalue weighted by molar-refractivity contribution is 6.30. The number of benzene rings is 1. The summed E-state index contributed by atoms with van der Waals surface area (Å²) < 4.78 is 7.45. The molecule has 5 heteroatoms. The number of nitrogens with zero attached hydrogens (tertiary/aromatic N) is 2. The number of halogens is 1. The molecule has 0 aliphatic heterocycles. The molecule has 1 heterocycles. The van der Waals surface area contributed by atoms with Gasteiger partial charge in [0.15, 0.2) is 0 Å². The first-order chi connectivity index (χ1) is 10.2. The standard InChI is InChI=1S/C16H22ClN3O/c1-3-21-11-5-8-18-16-19-9-10-20(16)13(2)14-6-4-7-15(17)12-14/h4,6-7,9-10,12-13H,3,5,8,11H2,1-2H3,(H,18,19). The minimum Gasteiger partial charge on any atom is -0.382 e. The molecular weight excluding hydrogens is 286 g/mol. The van der Waals surface area contributed by atoms with Gasteiger partial charge in [0.1, 0.15) is 0 Å². The normalized spacial score (nSPS) is 12.3. The fourth-order valence-corrected chi connectivity index (χ4v) is 2.41. The maximum atomic E-state index is 6.07. The summed E-state index contributed by atoms with van der Waals surface area (Å²) in [7, 11) is 0. The van der Waals surface area contributed by atoms with E-state index in [4.69, 9.17) is 16.3 Å². The molecule has 0 saturated heterocycles. The number of hydrogen-bond donors (Lipinski definition) is 1. The highest BCUT2D eigenvalue weighted by Crippen LogP contribution is 2.23. The highest BCUT2D eigenvalue weighted by Gasteiger charge is 2.12. The number of nitrogens with one attached hydrogen (secondary N) is 1. The van der Waals surface area contributed by atoms with Crippen molar-refractivity contribution in [2.75, 3.05) is 25.1 Å². The van der Waals surface area contributed by atoms with Crippen LogP contribution in [-0.4, -0.2) is 29.3 Å². The second-order valence-corrected chi connectivity index (χ2v) is 5.30. The Balaban J connectivity index is 1.99. The lowest BCUT2D eigenvalue weighted by molar-refractivity contribution is 0.147. The first-order valence-corrected chi connectivity index (χ1v) is 7.70. The lowest BCUT2D eigenvalue weighted by Gasteiger charge is -2.17. The molecule has 2 aromatic rings. The summed E-state index contributed by atoms with van der Waals surface area (Å²) in [5, 5.41) is 4.11. The van der Waals surface area contributed by atoms with Crippen LogP contribution in [0.25, 0.3) is 0 Å². The Morgan fingerprint density at radius 1 is 1.43 bits per heavy atom. The van der Waals surface area contributed by atoms with E-state index in [2.05, 4.69) is 27.9 Å². The Morgan fingerprint density at radius 3 is 3.05 bits per heavy atom. The summed E-state index contributed by atoms with van der Waals surface area (Å²) in [5.74, 6) is 0.874. The molecular formula is C16H22ClN3O. The van der Waals surface area contributed by atoms with Crippen LogP contribution < -0.4 is 5.32 Å². The fourth-order valence-electron chi connectivity index (χ4n) is 2.21. The largest absolute Gasteiger partial charge is 0.382 e. The number of aromatic nitrogens is 2. The Morgan fingerprint density at radius 2 is 2.29 bits per heavy atom. The Bertz CT molecular complexity index is 556. The van der Waals surface area contributed by atoms with Gasteiger partial charge in [-0.05, 0) is 38.0 Å². The molecule has 1 unspecified atom stereocenters. The number of ether oxygens (including phenoxy) is 1. The van der Waals surface area contributed by atoms with Gasteiger partial charge < -0.3 is 14.6 Å². The summed E-state index contributed by atoms with van der Waals surface area (Å²) in [6.45, 7) is 6.53. The SMILES string of the molecule is CCOCCCNc1nccn1C(C)c1cccc(Cl)c1. The molecule has 0 fully saturated rings. The lowest BCUT2D eigenvalue weighted by Crippen LogP contribution is -2.13. The van der Waals surface area contributed by atoms with Crippen molar-refractivity contribution in [3.63, 3.8) is 0 Å². The van der Waals surface area contributed by atoms with Gasteiger partial charge in [0, 0.05) is 37.2 Å². The number of hydrogen-bond acceptors (Lipinski definition) is 3. The smallest absolute Gasteiger partial charge is 0.203 e. The van der Waals surface area contributed by atoms with Crippen molar-refractivity contribution in [2.45, 2.75) is 26.3 Å². The van der Waals surface area contributed by atoms with Crippen molar-refractivity contribution < 1.29 is 4.74 Å². The predicted molar refractivity (Wildman–Crippen MR) is 87.1 cm³/mol. The molecule has 1 aromatic carbocycles. The van der Waals surface area contributed by atoms with Crippen molar-refractivity contribution >= 4 is 17.5 Å². The van der Waals surface area contributed by atoms with Crippen LogP contribution >= 0.6 is 11.6 Å². The first-order valence-electron chi connectivity index (χ1n) is 7.32. The molecule has 0 aliphatic rings. The van der Waals surface area contributed by atoms with Crippen LogP contribution in [0, 0.1) is 0 Å². The average molecular weight is 308 g/mol. The zero-order valence-electron chi connectivity index (χ0n) is 12.6. The van der Waals surface area contributed by atoms with Crippen molar-refractivity contribution in [3.05, 3.63) is 47.2 Å². The summed E-state index contributed by atoms with van der Waals surface area (Å²) in [5.41, 5.74) is 1.16. The third kappa shape index (κ3) is 4.48. The van der Waals surface area contributed by atoms with Gasteiger partial charge in [-0.1, -0.05) is 23.7 Å². The molecule has 0 aliphatic carbocycles. The summed E-state index contributed by atoms with van der Waals surface area (Å²) >= 11 is 6.07. The summed E-state index contributed by atoms with van der Waals surface area (Å²) in [6.07, 6.45) is 4.76. The predicted octanol–water partition coefficient (Wildman–Crippen LogP) is 3.98. The van der Waals surface area contributed by atoms with E-state index in [1.807, 2.05) is 37.5 Å². The van der Waals surface area contributed by atoms with Gasteiger partial charge in [0.2, 0.25) is 5.95 Å². The molecule has 1 atom stereocenters. The third-order valence-electron chi connectivity index (χ3n) is 3.37. The zero-order valence-corrected chi connectivity index (χ0v) is 13.3. The van der Waals surface area contributed by atoms with E-state index in [0.717, 1.165) is 42.7 Å². The van der Waals surface area contributed by atoms with Gasteiger partial charge in [0.25, 0.3) is 0 Å². The lowest BCUT2D eigenvalue weighted by atomic mass is 10.1. The number of rotatable bonds is 8. The summed E-state index contributed by atoms with van der Waals surface area (Å²) in [6, 6.07) is 8.11. The van der Waals surface area contributed by atoms with E-state index in [1.165, 1.54) is 0 Å². The highest BCUT2D eigenvalue weighted by atomic mass is 35.5. The van der Waals surface area contributed by atoms with E-state index in [0.29, 0.717) is 0 Å². The monoisotopic (exact) mass is 307 g/mol. The van der Waals surface area contributed by atoms with Crippen LogP contribution in [0.2, 0.25) is 5.02 Å². The van der Waals surface area contributed by atoms with Crippen molar-refractivity contribution in [1.29, 1.82) is 0 Å². The van der Waals surface area contributed by atoms with E-state index >= 15 is 0 Å². The number of imidazole rings is 1. The zero-order chi connectivity index (χ0) is 15.1. The van der Waals surface area contributed by atoms with E-state index in [-0.39, 0.29) is 6.04 Å². The Labute approximate surface area is 131 Å². The number of anilines is 1. The summed E-state index contributed by atoms with van der Waals surface area (Å²) in [4.78, 5) is 4.38. The van der Waals surface area contributed by atoms with Gasteiger partial charge in [-0.3, -0.25) is 0 Å². The van der Waals surface area contributed by atoms with Gasteiger partial charge in [0.05, 0.1) is 6.04 Å². The third-order valence-corrected chi connectivity index (χ3v) is 3.60. The molecule has 0 amide bonds. The Hall–Kier alpha value is -1.52. The van der Waals surface area contributed by atoms with Crippen LogP contribution in [0.15, 0.2) is 36.7 Å². The van der Waals surface area contributed by atoms with E-state index < -0.39 is 0 Å². The van der Waals surface area contributed by atoms with Gasteiger partial charge in [-0.2, -0.15) is 0 Å². The van der Waals surface area contributed by atoms with Gasteiger partial charge >= 0.3 is 0 Å². The molecule has 0 spiro atoms. The molecule has 21 heavy (non-hydrogen) atoms. The fraction of sp³-hybridized carbons (Fsp3) is 0.438. The molecule has 2 rings (SSSR count). The van der Waals surface area contributed by atoms with Crippen molar-refractivity contribution in [1.82, 2.24) is 9.55 Å². The minimum atomic E-state index is 0.181. The van der Waals surface area contributed by atoms with Crippen LogP contribution in [0.3, 0.4) is 0 Å². The molecule has 0 bridgehead atoms. The van der Waals surface area contributed by atoms with Crippen molar-refractivity contribution in [2.24, 2.45) is 0 Å². The maximum Gasteiger partial charge on any atom is 0.203 e. The quantitative estimate of drug-likeness (QED) is 0.750. The molecule has 0 radical (unpaired) electrons. The van der Waals surface area contributed by atoms with Crippen LogP contribution in [0.4, 0.5) is 5.95 Å². The second kappa shape index (κ2) is 8.05. The van der Waals surface area contributed by atoms with E-state index in [9.17, 15) is 0 Å². The molecule has 114 valence electrons. The first kappa shape index (κ1) is 15.9. The Kier molecular flexibility index (Phi) is 6.08. The van der Waals surface area contributed by atoms with Crippen LogP contribution in [0.1, 0.15) is 31.9 Å². The molecule has 1 aromatic heterocycles. The van der Waals surface area contributed by atoms with Crippen molar-refractivity contribution in [3.8, 4) is 0 Å². The molecule has 0 saturated carbocycles. The van der Waals surface area contributed by atoms with Crippen LogP contribution in [-0.2, 0) is 4.74 Å². The second-order valence-electron chi connectivity index (χ2n) is 4.87. The molecule has 1 N–H and O–H groups in total. The minimum absolute atomic E-state index is 0.181. The topological polar surface area (TPSA) is 39.1 Å². The van der Waals surface area contributed by atoms with Crippen LogP contribution in [0.5, 0.6) is 0 Å². The molecule has 4 nitrogen and oxygen atoms in total. The van der Waals surface area contributed by atoms with Gasteiger partial charge in [-0.15, -0.1) is 0 Å². The van der Waals surface area contributed by atoms with E-state index in [1.54, 1.807) is 0 Å². The maximum absolute atomic E-state index is 6.07.